The van der Waals surface area contributed by atoms with Crippen LogP contribution >= 0.6 is 22.4 Å². The standard InChI is InChI=1S/C23H21ClFN3O5S/c24-19-9-6-16(12-21(19)27-22(29)15-4-2-1-3-5-15)26-23(30)18-8-7-17(13-20(18)25)28-10-11-33-14-34(28,31)32/h1-9,12-13,31-32H,10-11,14H2,(H,26,30)(H,27,29). The Labute approximate surface area is 201 Å². The lowest BCUT2D eigenvalue weighted by molar-refractivity contribution is 0.101. The van der Waals surface area contributed by atoms with Crippen LogP contribution in [0, 0.1) is 5.82 Å². The molecular weight excluding hydrogens is 485 g/mol. The van der Waals surface area contributed by atoms with E-state index in [1.54, 1.807) is 30.3 Å². The van der Waals surface area contributed by atoms with E-state index in [9.17, 15) is 23.1 Å². The first kappa shape index (κ1) is 24.0. The number of halogens is 2. The number of nitrogens with one attached hydrogen (secondary N) is 2. The summed E-state index contributed by atoms with van der Waals surface area (Å²) in [6.45, 7) is 0.439. The Morgan fingerprint density at radius 2 is 1.76 bits per heavy atom. The van der Waals surface area contributed by atoms with Gasteiger partial charge in [0.1, 0.15) is 5.82 Å². The summed E-state index contributed by atoms with van der Waals surface area (Å²) in [6, 6.07) is 16.8. The van der Waals surface area contributed by atoms with Crippen LogP contribution in [0.5, 0.6) is 0 Å². The maximum atomic E-state index is 14.8. The summed E-state index contributed by atoms with van der Waals surface area (Å²) < 4.78 is 41.4. The van der Waals surface area contributed by atoms with E-state index in [0.717, 1.165) is 6.07 Å². The Bertz CT molecular complexity index is 1230. The Hall–Kier alpha value is -3.15. The fourth-order valence-electron chi connectivity index (χ4n) is 3.35. The lowest BCUT2D eigenvalue weighted by atomic mass is 10.1. The predicted octanol–water partition coefficient (Wildman–Crippen LogP) is 5.44. The van der Waals surface area contributed by atoms with Gasteiger partial charge in [-0.1, -0.05) is 40.6 Å². The zero-order valence-corrected chi connectivity index (χ0v) is 19.3. The van der Waals surface area contributed by atoms with Crippen LogP contribution in [-0.4, -0.2) is 40.0 Å². The predicted molar refractivity (Wildman–Crippen MR) is 131 cm³/mol. The third-order valence-electron chi connectivity index (χ3n) is 5.03. The molecule has 2 amide bonds. The molecule has 0 aromatic heterocycles. The van der Waals surface area contributed by atoms with Crippen molar-refractivity contribution < 1.29 is 27.8 Å². The van der Waals surface area contributed by atoms with E-state index < -0.39 is 22.5 Å². The molecule has 4 rings (SSSR count). The van der Waals surface area contributed by atoms with Crippen molar-refractivity contribution in [2.24, 2.45) is 0 Å². The van der Waals surface area contributed by atoms with E-state index in [1.165, 1.54) is 34.6 Å². The van der Waals surface area contributed by atoms with Crippen LogP contribution in [0.25, 0.3) is 0 Å². The number of amides is 2. The third kappa shape index (κ3) is 5.32. The fourth-order valence-corrected chi connectivity index (χ4v) is 4.80. The summed E-state index contributed by atoms with van der Waals surface area (Å²) in [5, 5.41) is 5.53. The van der Waals surface area contributed by atoms with Gasteiger partial charge in [-0.15, -0.1) is 0 Å². The van der Waals surface area contributed by atoms with Crippen molar-refractivity contribution in [3.05, 3.63) is 88.7 Å². The van der Waals surface area contributed by atoms with Gasteiger partial charge in [-0.2, -0.15) is 0 Å². The van der Waals surface area contributed by atoms with Crippen LogP contribution < -0.4 is 14.9 Å². The van der Waals surface area contributed by atoms with Crippen molar-refractivity contribution in [2.75, 3.05) is 34.0 Å². The van der Waals surface area contributed by atoms with Crippen LogP contribution in [0.3, 0.4) is 0 Å². The molecule has 3 aromatic carbocycles. The molecule has 1 aliphatic rings. The summed E-state index contributed by atoms with van der Waals surface area (Å²) in [4.78, 5) is 25.1. The van der Waals surface area contributed by atoms with Crippen molar-refractivity contribution in [1.82, 2.24) is 0 Å². The largest absolute Gasteiger partial charge is 0.357 e. The second kappa shape index (κ2) is 10.00. The minimum Gasteiger partial charge on any atom is -0.357 e. The van der Waals surface area contributed by atoms with Gasteiger partial charge in [0.15, 0.2) is 5.94 Å². The normalized spacial score (nSPS) is 15.9. The van der Waals surface area contributed by atoms with Crippen molar-refractivity contribution in [1.29, 1.82) is 0 Å². The number of hydrogen-bond donors (Lipinski definition) is 4. The topological polar surface area (TPSA) is 111 Å². The number of ether oxygens (including phenoxy) is 1. The molecular formula is C23H21ClFN3O5S. The molecule has 1 fully saturated rings. The van der Waals surface area contributed by atoms with E-state index in [0.29, 0.717) is 11.3 Å². The molecule has 1 heterocycles. The summed E-state index contributed by atoms with van der Waals surface area (Å²) in [7, 11) is -3.22. The molecule has 0 aliphatic carbocycles. The smallest absolute Gasteiger partial charge is 0.258 e. The number of nitrogens with zero attached hydrogens (tertiary/aromatic N) is 1. The van der Waals surface area contributed by atoms with Gasteiger partial charge in [0.05, 0.1) is 35.1 Å². The maximum Gasteiger partial charge on any atom is 0.258 e. The molecule has 0 saturated carbocycles. The van der Waals surface area contributed by atoms with Gasteiger partial charge >= 0.3 is 0 Å². The Balaban J connectivity index is 1.49. The highest BCUT2D eigenvalue weighted by molar-refractivity contribution is 8.25. The molecule has 11 heteroatoms. The average molecular weight is 506 g/mol. The summed E-state index contributed by atoms with van der Waals surface area (Å²) in [6.07, 6.45) is 0. The molecule has 1 saturated heterocycles. The van der Waals surface area contributed by atoms with Crippen LogP contribution in [0.15, 0.2) is 66.7 Å². The van der Waals surface area contributed by atoms with Gasteiger partial charge < -0.3 is 15.4 Å². The number of anilines is 3. The fraction of sp³-hybridized carbons (Fsp3) is 0.130. The van der Waals surface area contributed by atoms with Crippen molar-refractivity contribution >= 4 is 51.3 Å². The van der Waals surface area contributed by atoms with Crippen molar-refractivity contribution in [3.8, 4) is 0 Å². The molecule has 1 aliphatic heterocycles. The van der Waals surface area contributed by atoms with E-state index in [2.05, 4.69) is 10.6 Å². The third-order valence-corrected chi connectivity index (χ3v) is 6.94. The first-order chi connectivity index (χ1) is 16.2. The number of carbonyl (C=O) groups is 2. The van der Waals surface area contributed by atoms with Crippen LogP contribution in [0.2, 0.25) is 5.02 Å². The SMILES string of the molecule is O=C(Nc1cc(NC(=O)c2ccc(N3CCOCS3(O)O)cc2F)ccc1Cl)c1ccccc1. The minimum atomic E-state index is -3.22. The van der Waals surface area contributed by atoms with Gasteiger partial charge in [0, 0.05) is 11.3 Å². The molecule has 3 aromatic rings. The van der Waals surface area contributed by atoms with Gasteiger partial charge in [-0.25, -0.2) is 4.39 Å². The second-order valence-electron chi connectivity index (χ2n) is 7.39. The molecule has 0 spiro atoms. The van der Waals surface area contributed by atoms with Gasteiger partial charge in [0.2, 0.25) is 0 Å². The monoisotopic (exact) mass is 505 g/mol. The molecule has 4 N–H and O–H groups in total. The quantitative estimate of drug-likeness (QED) is 0.367. The number of rotatable bonds is 5. The van der Waals surface area contributed by atoms with E-state index in [1.807, 2.05) is 0 Å². The molecule has 34 heavy (non-hydrogen) atoms. The Morgan fingerprint density at radius 1 is 1.00 bits per heavy atom. The van der Waals surface area contributed by atoms with Crippen LogP contribution in [0.1, 0.15) is 20.7 Å². The first-order valence-corrected chi connectivity index (χ1v) is 12.2. The number of hydrogen-bond acceptors (Lipinski definition) is 6. The van der Waals surface area contributed by atoms with Crippen LogP contribution in [0.4, 0.5) is 21.5 Å². The molecule has 0 radical (unpaired) electrons. The van der Waals surface area contributed by atoms with E-state index in [4.69, 9.17) is 16.3 Å². The molecule has 0 atom stereocenters. The van der Waals surface area contributed by atoms with Gasteiger partial charge in [-0.05, 0) is 48.5 Å². The van der Waals surface area contributed by atoms with Crippen LogP contribution in [-0.2, 0) is 4.74 Å². The molecule has 0 bridgehead atoms. The van der Waals surface area contributed by atoms with Gasteiger partial charge in [-0.3, -0.25) is 23.0 Å². The Morgan fingerprint density at radius 3 is 2.47 bits per heavy atom. The lowest BCUT2D eigenvalue weighted by Gasteiger charge is -2.46. The molecule has 178 valence electrons. The zero-order chi connectivity index (χ0) is 24.3. The highest BCUT2D eigenvalue weighted by Crippen LogP contribution is 2.48. The second-order valence-corrected chi connectivity index (χ2v) is 9.74. The summed E-state index contributed by atoms with van der Waals surface area (Å²) >= 11 is 6.18. The lowest BCUT2D eigenvalue weighted by Crippen LogP contribution is -2.38. The van der Waals surface area contributed by atoms with E-state index in [-0.39, 0.29) is 47.0 Å². The highest BCUT2D eigenvalue weighted by atomic mass is 35.5. The molecule has 8 nitrogen and oxygen atoms in total. The molecule has 0 unspecified atom stereocenters. The summed E-state index contributed by atoms with van der Waals surface area (Å²) in [5.41, 5.74) is 1.00. The summed E-state index contributed by atoms with van der Waals surface area (Å²) in [5.74, 6) is -2.19. The van der Waals surface area contributed by atoms with Crippen molar-refractivity contribution in [2.45, 2.75) is 0 Å². The van der Waals surface area contributed by atoms with Crippen molar-refractivity contribution in [3.63, 3.8) is 0 Å². The zero-order valence-electron chi connectivity index (χ0n) is 17.7. The van der Waals surface area contributed by atoms with E-state index >= 15 is 0 Å². The van der Waals surface area contributed by atoms with Gasteiger partial charge in [0.25, 0.3) is 11.8 Å². The highest BCUT2D eigenvalue weighted by Gasteiger charge is 2.28. The minimum absolute atomic E-state index is 0.176. The average Bonchev–Trinajstić information content (AvgIpc) is 2.81. The Kier molecular flexibility index (Phi) is 7.05. The first-order valence-electron chi connectivity index (χ1n) is 10.1. The number of benzene rings is 3. The maximum absolute atomic E-state index is 14.8. The number of carbonyl (C=O) groups excluding carboxylic acids is 2.